The van der Waals surface area contributed by atoms with E-state index in [1.807, 2.05) is 0 Å². The number of benzene rings is 1. The van der Waals surface area contributed by atoms with Crippen molar-refractivity contribution in [1.82, 2.24) is 25.2 Å². The number of piperazine rings is 1. The van der Waals surface area contributed by atoms with Crippen molar-refractivity contribution in [3.63, 3.8) is 0 Å². The van der Waals surface area contributed by atoms with E-state index in [1.165, 1.54) is 4.90 Å². The normalized spacial score (nSPS) is 17.1. The summed E-state index contributed by atoms with van der Waals surface area (Å²) >= 11 is 0. The molecule has 1 aromatic carbocycles. The molecule has 2 heterocycles. The number of H-pyrrole nitrogens is 1. The highest BCUT2D eigenvalue weighted by Gasteiger charge is 2.33. The standard InChI is InChI=1S/C13H14F3N5O/c14-13(15,16)8-20-3-5-21(6-4-20)12(22)9-1-2-10-11(7-9)18-19-17-10/h1-2,7H,3-6,8H2,(H,17,18,19). The number of aromatic amines is 1. The van der Waals surface area contributed by atoms with Crippen LogP contribution in [0.3, 0.4) is 0 Å². The van der Waals surface area contributed by atoms with Crippen LogP contribution in [0.4, 0.5) is 13.2 Å². The van der Waals surface area contributed by atoms with Crippen molar-refractivity contribution in [3.8, 4) is 0 Å². The average Bonchev–Trinajstić information content (AvgIpc) is 2.93. The highest BCUT2D eigenvalue weighted by molar-refractivity contribution is 5.97. The van der Waals surface area contributed by atoms with Gasteiger partial charge in [-0.05, 0) is 18.2 Å². The molecule has 118 valence electrons. The molecule has 2 aromatic rings. The van der Waals surface area contributed by atoms with Gasteiger partial charge >= 0.3 is 6.18 Å². The van der Waals surface area contributed by atoms with Crippen LogP contribution in [0.5, 0.6) is 0 Å². The number of amides is 1. The van der Waals surface area contributed by atoms with Gasteiger partial charge in [-0.1, -0.05) is 0 Å². The first-order valence-electron chi connectivity index (χ1n) is 6.81. The second-order valence-corrected chi connectivity index (χ2v) is 5.21. The molecule has 6 nitrogen and oxygen atoms in total. The van der Waals surface area contributed by atoms with E-state index in [4.69, 9.17) is 0 Å². The number of carbonyl (C=O) groups excluding carboxylic acids is 1. The van der Waals surface area contributed by atoms with Gasteiger partial charge in [0.05, 0.1) is 6.54 Å². The molecule has 0 saturated carbocycles. The van der Waals surface area contributed by atoms with E-state index in [0.717, 1.165) is 0 Å². The quantitative estimate of drug-likeness (QED) is 0.907. The maximum absolute atomic E-state index is 12.4. The third-order valence-electron chi connectivity index (χ3n) is 3.63. The smallest absolute Gasteiger partial charge is 0.336 e. The average molecular weight is 313 g/mol. The predicted molar refractivity (Wildman–Crippen MR) is 72.3 cm³/mol. The van der Waals surface area contributed by atoms with Crippen molar-refractivity contribution in [3.05, 3.63) is 23.8 Å². The van der Waals surface area contributed by atoms with E-state index >= 15 is 0 Å². The van der Waals surface area contributed by atoms with Crippen LogP contribution in [0.15, 0.2) is 18.2 Å². The van der Waals surface area contributed by atoms with E-state index in [2.05, 4.69) is 15.4 Å². The molecule has 0 unspecified atom stereocenters. The molecule has 0 aliphatic carbocycles. The van der Waals surface area contributed by atoms with Gasteiger partial charge in [0.25, 0.3) is 5.91 Å². The van der Waals surface area contributed by atoms with E-state index < -0.39 is 12.7 Å². The zero-order chi connectivity index (χ0) is 15.7. The van der Waals surface area contributed by atoms with Gasteiger partial charge < -0.3 is 4.90 Å². The number of carbonyl (C=O) groups is 1. The lowest BCUT2D eigenvalue weighted by Crippen LogP contribution is -2.50. The highest BCUT2D eigenvalue weighted by atomic mass is 19.4. The fourth-order valence-electron chi connectivity index (χ4n) is 2.52. The Bertz CT molecular complexity index is 676. The summed E-state index contributed by atoms with van der Waals surface area (Å²) in [5, 5.41) is 10.3. The summed E-state index contributed by atoms with van der Waals surface area (Å²) in [5.41, 5.74) is 1.71. The highest BCUT2D eigenvalue weighted by Crippen LogP contribution is 2.18. The zero-order valence-electron chi connectivity index (χ0n) is 11.6. The Morgan fingerprint density at radius 1 is 1.14 bits per heavy atom. The first-order chi connectivity index (χ1) is 10.4. The Balaban J connectivity index is 1.64. The maximum atomic E-state index is 12.4. The van der Waals surface area contributed by atoms with E-state index in [-0.39, 0.29) is 32.1 Å². The maximum Gasteiger partial charge on any atom is 0.401 e. The fraction of sp³-hybridized carbons (Fsp3) is 0.462. The minimum absolute atomic E-state index is 0.198. The third kappa shape index (κ3) is 3.19. The molecule has 0 atom stereocenters. The van der Waals surface area contributed by atoms with E-state index in [9.17, 15) is 18.0 Å². The minimum atomic E-state index is -4.20. The molecule has 3 rings (SSSR count). The molecular weight excluding hydrogens is 299 g/mol. The van der Waals surface area contributed by atoms with Crippen LogP contribution < -0.4 is 0 Å². The monoisotopic (exact) mass is 313 g/mol. The molecule has 1 aliphatic heterocycles. The van der Waals surface area contributed by atoms with Gasteiger partial charge in [-0.3, -0.25) is 9.69 Å². The summed E-state index contributed by atoms with van der Waals surface area (Å²) in [4.78, 5) is 15.3. The summed E-state index contributed by atoms with van der Waals surface area (Å²) in [6, 6.07) is 4.96. The molecule has 9 heteroatoms. The molecule has 0 bridgehead atoms. The summed E-state index contributed by atoms with van der Waals surface area (Å²) in [6.45, 7) is 0.0758. The van der Waals surface area contributed by atoms with Crippen molar-refractivity contribution in [2.24, 2.45) is 0 Å². The second kappa shape index (κ2) is 5.56. The van der Waals surface area contributed by atoms with Crippen molar-refractivity contribution in [1.29, 1.82) is 0 Å². The van der Waals surface area contributed by atoms with Crippen LogP contribution in [-0.2, 0) is 0 Å². The van der Waals surface area contributed by atoms with Crippen LogP contribution in [0.25, 0.3) is 11.0 Å². The number of hydrogen-bond acceptors (Lipinski definition) is 4. The number of halogens is 3. The van der Waals surface area contributed by atoms with Crippen molar-refractivity contribution in [2.75, 3.05) is 32.7 Å². The number of hydrogen-bond donors (Lipinski definition) is 1. The summed E-state index contributed by atoms with van der Waals surface area (Å²) in [6.07, 6.45) is -4.20. The number of rotatable bonds is 2. The predicted octanol–water partition coefficient (Wildman–Crippen LogP) is 1.28. The molecule has 0 radical (unpaired) electrons. The van der Waals surface area contributed by atoms with Crippen LogP contribution >= 0.6 is 0 Å². The van der Waals surface area contributed by atoms with Crippen LogP contribution in [0, 0.1) is 0 Å². The summed E-state index contributed by atoms with van der Waals surface area (Å²) in [5.74, 6) is -0.198. The fourth-order valence-corrected chi connectivity index (χ4v) is 2.52. The molecule has 1 aromatic heterocycles. The molecule has 0 spiro atoms. The lowest BCUT2D eigenvalue weighted by molar-refractivity contribution is -0.148. The van der Waals surface area contributed by atoms with Crippen molar-refractivity contribution in [2.45, 2.75) is 6.18 Å². The van der Waals surface area contributed by atoms with Gasteiger partial charge in [0, 0.05) is 31.7 Å². The number of alkyl halides is 3. The van der Waals surface area contributed by atoms with Gasteiger partial charge in [0.2, 0.25) is 0 Å². The number of nitrogens with one attached hydrogen (secondary N) is 1. The minimum Gasteiger partial charge on any atom is -0.336 e. The van der Waals surface area contributed by atoms with Gasteiger partial charge in [0.15, 0.2) is 0 Å². The lowest BCUT2D eigenvalue weighted by Gasteiger charge is -2.35. The Labute approximate surface area is 123 Å². The third-order valence-corrected chi connectivity index (χ3v) is 3.63. The molecule has 1 N–H and O–H groups in total. The van der Waals surface area contributed by atoms with Gasteiger partial charge in [-0.2, -0.15) is 28.6 Å². The van der Waals surface area contributed by atoms with Crippen molar-refractivity contribution >= 4 is 16.9 Å². The second-order valence-electron chi connectivity index (χ2n) is 5.21. The lowest BCUT2D eigenvalue weighted by atomic mass is 10.1. The van der Waals surface area contributed by atoms with Gasteiger partial charge in [-0.15, -0.1) is 0 Å². The van der Waals surface area contributed by atoms with Gasteiger partial charge in [-0.25, -0.2) is 0 Å². The molecule has 1 fully saturated rings. The molecule has 1 aliphatic rings. The Morgan fingerprint density at radius 3 is 2.50 bits per heavy atom. The summed E-state index contributed by atoms with van der Waals surface area (Å²) < 4.78 is 37.0. The number of nitrogens with zero attached hydrogens (tertiary/aromatic N) is 4. The first kappa shape index (κ1) is 14.8. The zero-order valence-corrected chi connectivity index (χ0v) is 11.6. The largest absolute Gasteiger partial charge is 0.401 e. The van der Waals surface area contributed by atoms with Gasteiger partial charge in [0.1, 0.15) is 11.0 Å². The molecule has 22 heavy (non-hydrogen) atoms. The van der Waals surface area contributed by atoms with E-state index in [0.29, 0.717) is 16.6 Å². The van der Waals surface area contributed by atoms with Crippen LogP contribution in [-0.4, -0.2) is 70.0 Å². The van der Waals surface area contributed by atoms with Crippen LogP contribution in [0.2, 0.25) is 0 Å². The van der Waals surface area contributed by atoms with Crippen LogP contribution in [0.1, 0.15) is 10.4 Å². The Hall–Kier alpha value is -2.16. The SMILES string of the molecule is O=C(c1ccc2n[nH]nc2c1)N1CCN(CC(F)(F)F)CC1. The van der Waals surface area contributed by atoms with Crippen molar-refractivity contribution < 1.29 is 18.0 Å². The topological polar surface area (TPSA) is 65.1 Å². The summed E-state index contributed by atoms with van der Waals surface area (Å²) in [7, 11) is 0. The molecule has 1 amide bonds. The molecular formula is C13H14F3N5O. The number of fused-ring (bicyclic) bond motifs is 1. The first-order valence-corrected chi connectivity index (χ1v) is 6.81. The van der Waals surface area contributed by atoms with E-state index in [1.54, 1.807) is 23.1 Å². The Morgan fingerprint density at radius 2 is 1.82 bits per heavy atom. The Kier molecular flexibility index (Phi) is 3.73. The molecule has 1 saturated heterocycles. The number of aromatic nitrogens is 3.